The molecule has 2 N–H and O–H groups in total. The molecule has 0 atom stereocenters. The molecule has 6 nitrogen and oxygen atoms in total. The van der Waals surface area contributed by atoms with E-state index >= 15 is 0 Å². The minimum Gasteiger partial charge on any atom is -0.497 e. The van der Waals surface area contributed by atoms with Gasteiger partial charge in [0.1, 0.15) is 5.75 Å². The van der Waals surface area contributed by atoms with Gasteiger partial charge in [0.25, 0.3) is 0 Å². The number of methoxy groups -OCH3 is 1. The molecule has 0 aliphatic heterocycles. The van der Waals surface area contributed by atoms with Gasteiger partial charge < -0.3 is 15.4 Å². The summed E-state index contributed by atoms with van der Waals surface area (Å²) in [5.74, 6) is 1.18. The normalized spacial score (nSPS) is 14.0. The van der Waals surface area contributed by atoms with Gasteiger partial charge in [0.15, 0.2) is 5.13 Å². The molecule has 4 rings (SSSR count). The molecule has 3 aromatic rings. The average Bonchev–Trinajstić information content (AvgIpc) is 3.32. The largest absolute Gasteiger partial charge is 0.497 e. The van der Waals surface area contributed by atoms with Crippen LogP contribution in [0.3, 0.4) is 0 Å². The maximum absolute atomic E-state index is 12.4. The Labute approximate surface area is 202 Å². The summed E-state index contributed by atoms with van der Waals surface area (Å²) in [5.41, 5.74) is 2.54. The smallest absolute Gasteiger partial charge is 0.236 e. The van der Waals surface area contributed by atoms with Crippen molar-refractivity contribution in [2.45, 2.75) is 37.0 Å². The van der Waals surface area contributed by atoms with Gasteiger partial charge in [-0.15, -0.1) is 23.1 Å². The maximum atomic E-state index is 12.4. The molecule has 1 aliphatic carbocycles. The Balaban J connectivity index is 1.25. The average molecular weight is 482 g/mol. The highest BCUT2D eigenvalue weighted by Crippen LogP contribution is 2.28. The third-order valence-electron chi connectivity index (χ3n) is 5.58. The van der Waals surface area contributed by atoms with Gasteiger partial charge in [0.05, 0.1) is 18.6 Å². The Hall–Kier alpha value is -2.84. The van der Waals surface area contributed by atoms with Crippen LogP contribution in [-0.2, 0) is 9.59 Å². The van der Waals surface area contributed by atoms with E-state index in [9.17, 15) is 9.59 Å². The number of aromatic nitrogens is 1. The summed E-state index contributed by atoms with van der Waals surface area (Å²) >= 11 is 2.84. The van der Waals surface area contributed by atoms with Crippen LogP contribution in [0.15, 0.2) is 58.8 Å². The molecule has 0 spiro atoms. The predicted octanol–water partition coefficient (Wildman–Crippen LogP) is 6.07. The van der Waals surface area contributed by atoms with E-state index in [1.165, 1.54) is 29.5 Å². The van der Waals surface area contributed by atoms with Gasteiger partial charge in [-0.1, -0.05) is 31.4 Å². The van der Waals surface area contributed by atoms with E-state index in [2.05, 4.69) is 15.6 Å². The van der Waals surface area contributed by atoms with Gasteiger partial charge in [-0.25, -0.2) is 4.98 Å². The monoisotopic (exact) mass is 481 g/mol. The SMILES string of the molecule is COc1cccc(-c2csc(NC(=O)CSc3ccc(NC(=O)C4CCCCC4)cc3)n2)c1. The van der Waals surface area contributed by atoms with Crippen LogP contribution < -0.4 is 15.4 Å². The van der Waals surface area contributed by atoms with Crippen LogP contribution >= 0.6 is 23.1 Å². The fourth-order valence-corrected chi connectivity index (χ4v) is 5.23. The molecule has 2 amide bonds. The van der Waals surface area contributed by atoms with Crippen LogP contribution in [0.2, 0.25) is 0 Å². The molecular weight excluding hydrogens is 454 g/mol. The Morgan fingerprint density at radius 1 is 1.09 bits per heavy atom. The molecule has 1 fully saturated rings. The molecule has 1 heterocycles. The highest BCUT2D eigenvalue weighted by Gasteiger charge is 2.21. The highest BCUT2D eigenvalue weighted by atomic mass is 32.2. The van der Waals surface area contributed by atoms with Crippen molar-refractivity contribution in [3.8, 4) is 17.0 Å². The number of carbonyl (C=O) groups is 2. The molecule has 0 bridgehead atoms. The van der Waals surface area contributed by atoms with E-state index in [0.717, 1.165) is 53.3 Å². The number of amides is 2. The van der Waals surface area contributed by atoms with Crippen molar-refractivity contribution in [2.24, 2.45) is 5.92 Å². The number of carbonyl (C=O) groups excluding carboxylic acids is 2. The van der Waals surface area contributed by atoms with E-state index in [0.29, 0.717) is 5.13 Å². The lowest BCUT2D eigenvalue weighted by Crippen LogP contribution is -2.24. The summed E-state index contributed by atoms with van der Waals surface area (Å²) in [7, 11) is 1.63. The second-order valence-corrected chi connectivity index (χ2v) is 9.86. The number of hydrogen-bond donors (Lipinski definition) is 2. The lowest BCUT2D eigenvalue weighted by atomic mass is 9.88. The van der Waals surface area contributed by atoms with E-state index in [4.69, 9.17) is 4.74 Å². The van der Waals surface area contributed by atoms with Gasteiger partial charge in [-0.3, -0.25) is 9.59 Å². The van der Waals surface area contributed by atoms with E-state index in [-0.39, 0.29) is 23.5 Å². The zero-order chi connectivity index (χ0) is 23.0. The number of anilines is 2. The van der Waals surface area contributed by atoms with Crippen LogP contribution in [-0.4, -0.2) is 29.7 Å². The van der Waals surface area contributed by atoms with Crippen molar-refractivity contribution >= 4 is 45.7 Å². The molecule has 2 aromatic carbocycles. The molecule has 1 aromatic heterocycles. The first-order valence-corrected chi connectivity index (χ1v) is 12.9. The molecule has 0 unspecified atom stereocenters. The fourth-order valence-electron chi connectivity index (χ4n) is 3.79. The summed E-state index contributed by atoms with van der Waals surface area (Å²) in [4.78, 5) is 30.2. The predicted molar refractivity (Wildman–Crippen MR) is 135 cm³/mol. The molecule has 8 heteroatoms. The quantitative estimate of drug-likeness (QED) is 0.382. The van der Waals surface area contributed by atoms with Crippen molar-refractivity contribution in [2.75, 3.05) is 23.5 Å². The van der Waals surface area contributed by atoms with E-state index < -0.39 is 0 Å². The Bertz CT molecular complexity index is 1090. The van der Waals surface area contributed by atoms with E-state index in [1.807, 2.05) is 53.9 Å². The van der Waals surface area contributed by atoms with Crippen LogP contribution in [0.25, 0.3) is 11.3 Å². The van der Waals surface area contributed by atoms with Gasteiger partial charge in [-0.05, 0) is 49.2 Å². The number of ether oxygens (including phenoxy) is 1. The van der Waals surface area contributed by atoms with Crippen LogP contribution in [0, 0.1) is 5.92 Å². The van der Waals surface area contributed by atoms with Crippen LogP contribution in [0.1, 0.15) is 32.1 Å². The van der Waals surface area contributed by atoms with Crippen molar-refractivity contribution < 1.29 is 14.3 Å². The maximum Gasteiger partial charge on any atom is 0.236 e. The number of thioether (sulfide) groups is 1. The summed E-state index contributed by atoms with van der Waals surface area (Å²) < 4.78 is 5.26. The summed E-state index contributed by atoms with van der Waals surface area (Å²) in [6, 6.07) is 15.3. The first kappa shape index (κ1) is 23.3. The zero-order valence-corrected chi connectivity index (χ0v) is 20.1. The first-order valence-electron chi connectivity index (χ1n) is 11.0. The standard InChI is InChI=1S/C25H27N3O3S2/c1-31-20-9-5-8-18(14-20)22-15-33-25(27-22)28-23(29)16-32-21-12-10-19(11-13-21)26-24(30)17-6-3-2-4-7-17/h5,8-15,17H,2-4,6-7,16H2,1H3,(H,26,30)(H,27,28,29). The van der Waals surface area contributed by atoms with Crippen molar-refractivity contribution in [1.82, 2.24) is 4.98 Å². The molecule has 172 valence electrons. The Morgan fingerprint density at radius 3 is 2.64 bits per heavy atom. The second kappa shape index (κ2) is 11.3. The van der Waals surface area contributed by atoms with Gasteiger partial charge in [0, 0.05) is 27.4 Å². The minimum atomic E-state index is -0.110. The lowest BCUT2D eigenvalue weighted by Gasteiger charge is -2.20. The van der Waals surface area contributed by atoms with Crippen LogP contribution in [0.4, 0.5) is 10.8 Å². The fraction of sp³-hybridized carbons (Fsp3) is 0.320. The number of thiazole rings is 1. The topological polar surface area (TPSA) is 80.3 Å². The van der Waals surface area contributed by atoms with Crippen molar-refractivity contribution in [3.63, 3.8) is 0 Å². The van der Waals surface area contributed by atoms with E-state index in [1.54, 1.807) is 7.11 Å². The lowest BCUT2D eigenvalue weighted by molar-refractivity contribution is -0.120. The summed E-state index contributed by atoms with van der Waals surface area (Å²) in [6.45, 7) is 0. The number of rotatable bonds is 8. The minimum absolute atomic E-state index is 0.110. The summed E-state index contributed by atoms with van der Waals surface area (Å²) in [5, 5.41) is 8.36. The molecule has 0 radical (unpaired) electrons. The van der Waals surface area contributed by atoms with Crippen LogP contribution in [0.5, 0.6) is 5.75 Å². The van der Waals surface area contributed by atoms with Gasteiger partial charge >= 0.3 is 0 Å². The molecule has 1 aliphatic rings. The second-order valence-electron chi connectivity index (χ2n) is 7.96. The van der Waals surface area contributed by atoms with Crippen molar-refractivity contribution in [3.05, 3.63) is 53.9 Å². The third-order valence-corrected chi connectivity index (χ3v) is 7.35. The molecule has 0 saturated heterocycles. The molecular formula is C25H27N3O3S2. The van der Waals surface area contributed by atoms with Gasteiger partial charge in [0.2, 0.25) is 11.8 Å². The molecule has 33 heavy (non-hydrogen) atoms. The third kappa shape index (κ3) is 6.58. The highest BCUT2D eigenvalue weighted by molar-refractivity contribution is 8.00. The molecule has 1 saturated carbocycles. The number of hydrogen-bond acceptors (Lipinski definition) is 6. The number of nitrogens with one attached hydrogen (secondary N) is 2. The zero-order valence-electron chi connectivity index (χ0n) is 18.5. The Morgan fingerprint density at radius 2 is 1.88 bits per heavy atom. The first-order chi connectivity index (χ1) is 16.1. The number of nitrogens with zero attached hydrogens (tertiary/aromatic N) is 1. The van der Waals surface area contributed by atoms with Gasteiger partial charge in [-0.2, -0.15) is 0 Å². The Kier molecular flexibility index (Phi) is 8.01. The number of benzene rings is 2. The summed E-state index contributed by atoms with van der Waals surface area (Å²) in [6.07, 6.45) is 5.47. The van der Waals surface area contributed by atoms with Crippen molar-refractivity contribution in [1.29, 1.82) is 0 Å².